The molecule has 0 heterocycles. The van der Waals surface area contributed by atoms with Gasteiger partial charge >= 0.3 is 0 Å². The van der Waals surface area contributed by atoms with Crippen LogP contribution in [0.4, 0.5) is 5.69 Å². The van der Waals surface area contributed by atoms with Crippen LogP contribution in [0.25, 0.3) is 0 Å². The Morgan fingerprint density at radius 1 is 0.952 bits per heavy atom. The molecule has 0 aliphatic rings. The van der Waals surface area contributed by atoms with Gasteiger partial charge in [-0.3, -0.25) is 0 Å². The Hall–Kier alpha value is -1.88. The van der Waals surface area contributed by atoms with Crippen LogP contribution in [0.1, 0.15) is 5.56 Å². The van der Waals surface area contributed by atoms with E-state index >= 15 is 0 Å². The molecule has 0 aliphatic heterocycles. The van der Waals surface area contributed by atoms with Gasteiger partial charge in [-0.15, -0.1) is 0 Å². The van der Waals surface area contributed by atoms with Gasteiger partial charge in [0.1, 0.15) is 0 Å². The predicted molar refractivity (Wildman–Crippen MR) is 87.6 cm³/mol. The first-order valence-electron chi connectivity index (χ1n) is 6.46. The molecule has 0 unspecified atom stereocenters. The van der Waals surface area contributed by atoms with Gasteiger partial charge in [0.15, 0.2) is 11.5 Å². The molecule has 0 fully saturated rings. The molecule has 5 heteroatoms. The van der Waals surface area contributed by atoms with Crippen LogP contribution >= 0.6 is 15.9 Å². The maximum absolute atomic E-state index is 5.34. The first kappa shape index (κ1) is 15.5. The van der Waals surface area contributed by atoms with Crippen LogP contribution in [0.15, 0.2) is 40.9 Å². The van der Waals surface area contributed by atoms with Gasteiger partial charge < -0.3 is 19.5 Å². The minimum absolute atomic E-state index is 0.591. The molecule has 21 heavy (non-hydrogen) atoms. The Morgan fingerprint density at radius 2 is 1.62 bits per heavy atom. The van der Waals surface area contributed by atoms with Gasteiger partial charge in [-0.05, 0) is 17.7 Å². The van der Waals surface area contributed by atoms with Gasteiger partial charge in [-0.25, -0.2) is 0 Å². The predicted octanol–water partition coefficient (Wildman–Crippen LogP) is 4.09. The highest BCUT2D eigenvalue weighted by Gasteiger charge is 2.12. The highest BCUT2D eigenvalue weighted by atomic mass is 79.9. The minimum Gasteiger partial charge on any atom is -0.493 e. The van der Waals surface area contributed by atoms with Crippen LogP contribution in [0, 0.1) is 0 Å². The third kappa shape index (κ3) is 3.82. The number of anilines is 1. The lowest BCUT2D eigenvalue weighted by molar-refractivity contribution is 0.324. The maximum atomic E-state index is 5.34. The van der Waals surface area contributed by atoms with Crippen LogP contribution in [-0.2, 0) is 6.54 Å². The number of ether oxygens (including phenoxy) is 3. The normalized spacial score (nSPS) is 10.1. The first-order chi connectivity index (χ1) is 10.2. The van der Waals surface area contributed by atoms with E-state index in [1.165, 1.54) is 5.56 Å². The smallest absolute Gasteiger partial charge is 0.203 e. The lowest BCUT2D eigenvalue weighted by atomic mass is 10.2. The van der Waals surface area contributed by atoms with E-state index in [-0.39, 0.29) is 0 Å². The third-order valence-corrected chi connectivity index (χ3v) is 3.54. The number of halogens is 1. The van der Waals surface area contributed by atoms with Crippen molar-refractivity contribution in [3.8, 4) is 17.2 Å². The quantitative estimate of drug-likeness (QED) is 0.850. The molecule has 0 atom stereocenters. The van der Waals surface area contributed by atoms with Crippen molar-refractivity contribution in [2.24, 2.45) is 0 Å². The van der Waals surface area contributed by atoms with E-state index in [2.05, 4.69) is 33.4 Å². The summed E-state index contributed by atoms with van der Waals surface area (Å²) in [6.07, 6.45) is 0. The second-order valence-electron chi connectivity index (χ2n) is 4.40. The van der Waals surface area contributed by atoms with Crippen molar-refractivity contribution < 1.29 is 14.2 Å². The van der Waals surface area contributed by atoms with Gasteiger partial charge in [0.25, 0.3) is 0 Å². The minimum atomic E-state index is 0.591. The zero-order valence-corrected chi connectivity index (χ0v) is 13.9. The summed E-state index contributed by atoms with van der Waals surface area (Å²) in [5.74, 6) is 1.86. The summed E-state index contributed by atoms with van der Waals surface area (Å²) in [5.41, 5.74) is 2.09. The molecule has 0 spiro atoms. The number of nitrogens with one attached hydrogen (secondary N) is 1. The lowest BCUT2D eigenvalue weighted by Crippen LogP contribution is -2.01. The van der Waals surface area contributed by atoms with Crippen LogP contribution in [0.2, 0.25) is 0 Å². The largest absolute Gasteiger partial charge is 0.493 e. The van der Waals surface area contributed by atoms with E-state index in [0.717, 1.165) is 10.2 Å². The fourth-order valence-corrected chi connectivity index (χ4v) is 2.48. The van der Waals surface area contributed by atoms with Crippen molar-refractivity contribution in [3.05, 3.63) is 46.4 Å². The summed E-state index contributed by atoms with van der Waals surface area (Å²) in [6, 6.07) is 11.9. The Balaban J connectivity index is 2.20. The number of methoxy groups -OCH3 is 3. The van der Waals surface area contributed by atoms with Gasteiger partial charge in [0.05, 0.1) is 21.3 Å². The summed E-state index contributed by atoms with van der Waals surface area (Å²) in [4.78, 5) is 0. The molecular formula is C16H18BrNO3. The zero-order valence-electron chi connectivity index (χ0n) is 12.3. The summed E-state index contributed by atoms with van der Waals surface area (Å²) < 4.78 is 17.0. The highest BCUT2D eigenvalue weighted by Crippen LogP contribution is 2.40. The van der Waals surface area contributed by atoms with Crippen molar-refractivity contribution >= 4 is 21.6 Å². The van der Waals surface area contributed by atoms with Crippen molar-refractivity contribution in [2.45, 2.75) is 6.54 Å². The van der Waals surface area contributed by atoms with Crippen LogP contribution in [0.3, 0.4) is 0 Å². The molecule has 0 amide bonds. The van der Waals surface area contributed by atoms with Crippen molar-refractivity contribution in [2.75, 3.05) is 26.6 Å². The fraction of sp³-hybridized carbons (Fsp3) is 0.250. The van der Waals surface area contributed by atoms with E-state index in [1.807, 2.05) is 24.3 Å². The van der Waals surface area contributed by atoms with Crippen LogP contribution in [-0.4, -0.2) is 21.3 Å². The molecular weight excluding hydrogens is 334 g/mol. The van der Waals surface area contributed by atoms with Crippen LogP contribution in [0.5, 0.6) is 17.2 Å². The van der Waals surface area contributed by atoms with E-state index in [1.54, 1.807) is 21.3 Å². The molecule has 0 aromatic heterocycles. The lowest BCUT2D eigenvalue weighted by Gasteiger charge is -2.15. The standard InChI is InChI=1S/C16H18BrNO3/c1-19-14-8-13(9-15(20-2)16(14)21-3)18-10-11-5-4-6-12(17)7-11/h4-9,18H,10H2,1-3H3. The second-order valence-corrected chi connectivity index (χ2v) is 5.31. The number of hydrogen-bond donors (Lipinski definition) is 1. The molecule has 0 saturated heterocycles. The topological polar surface area (TPSA) is 39.7 Å². The van der Waals surface area contributed by atoms with E-state index in [4.69, 9.17) is 14.2 Å². The maximum Gasteiger partial charge on any atom is 0.203 e. The molecule has 0 radical (unpaired) electrons. The van der Waals surface area contributed by atoms with Crippen molar-refractivity contribution in [1.82, 2.24) is 0 Å². The monoisotopic (exact) mass is 351 g/mol. The molecule has 0 saturated carbocycles. The third-order valence-electron chi connectivity index (χ3n) is 3.05. The van der Waals surface area contributed by atoms with Gasteiger partial charge in [-0.2, -0.15) is 0 Å². The van der Waals surface area contributed by atoms with Gasteiger partial charge in [-0.1, -0.05) is 28.1 Å². The Morgan fingerprint density at radius 3 is 2.14 bits per heavy atom. The molecule has 112 valence electrons. The average molecular weight is 352 g/mol. The average Bonchev–Trinajstić information content (AvgIpc) is 2.51. The van der Waals surface area contributed by atoms with E-state index in [9.17, 15) is 0 Å². The zero-order chi connectivity index (χ0) is 15.2. The number of benzene rings is 2. The molecule has 0 aliphatic carbocycles. The molecule has 2 aromatic carbocycles. The summed E-state index contributed by atoms with van der Waals surface area (Å²) in [5, 5.41) is 3.35. The SMILES string of the molecule is COc1cc(NCc2cccc(Br)c2)cc(OC)c1OC. The number of rotatable bonds is 6. The second kappa shape index (κ2) is 7.22. The summed E-state index contributed by atoms with van der Waals surface area (Å²) >= 11 is 3.47. The first-order valence-corrected chi connectivity index (χ1v) is 7.25. The Kier molecular flexibility index (Phi) is 5.33. The summed E-state index contributed by atoms with van der Waals surface area (Å²) in [6.45, 7) is 0.706. The Labute approximate surface area is 133 Å². The Bertz CT molecular complexity index is 591. The van der Waals surface area contributed by atoms with Crippen molar-refractivity contribution in [1.29, 1.82) is 0 Å². The molecule has 4 nitrogen and oxygen atoms in total. The summed E-state index contributed by atoms with van der Waals surface area (Å²) in [7, 11) is 4.81. The molecule has 1 N–H and O–H groups in total. The molecule has 2 rings (SSSR count). The van der Waals surface area contributed by atoms with E-state index < -0.39 is 0 Å². The van der Waals surface area contributed by atoms with Crippen molar-refractivity contribution in [3.63, 3.8) is 0 Å². The van der Waals surface area contributed by atoms with Crippen LogP contribution < -0.4 is 19.5 Å². The van der Waals surface area contributed by atoms with Gasteiger partial charge in [0.2, 0.25) is 5.75 Å². The van der Waals surface area contributed by atoms with E-state index in [0.29, 0.717) is 23.8 Å². The molecule has 0 bridgehead atoms. The fourth-order valence-electron chi connectivity index (χ4n) is 2.03. The highest BCUT2D eigenvalue weighted by molar-refractivity contribution is 9.10. The number of hydrogen-bond acceptors (Lipinski definition) is 4. The molecule has 2 aromatic rings. The van der Waals surface area contributed by atoms with Gasteiger partial charge in [0, 0.05) is 28.8 Å².